The summed E-state index contributed by atoms with van der Waals surface area (Å²) in [7, 11) is 3.31. The molecule has 0 saturated carbocycles. The molecule has 0 aliphatic carbocycles. The Morgan fingerprint density at radius 1 is 1.00 bits per heavy atom. The second kappa shape index (κ2) is 8.99. The Hall–Kier alpha value is -3.41. The summed E-state index contributed by atoms with van der Waals surface area (Å²) in [6, 6.07) is 12.0. The Kier molecular flexibility index (Phi) is 6.12. The average Bonchev–Trinajstić information content (AvgIpc) is 3.10. The zero-order valence-electron chi connectivity index (χ0n) is 19.4. The molecule has 168 valence electrons. The molecule has 6 heteroatoms. The van der Waals surface area contributed by atoms with Crippen LogP contribution in [0.15, 0.2) is 46.9 Å². The molecule has 0 N–H and O–H groups in total. The van der Waals surface area contributed by atoms with Crippen molar-refractivity contribution >= 4 is 28.1 Å². The summed E-state index contributed by atoms with van der Waals surface area (Å²) in [4.78, 5) is 17.2. The van der Waals surface area contributed by atoms with Gasteiger partial charge in [0.1, 0.15) is 22.8 Å². The van der Waals surface area contributed by atoms with E-state index in [9.17, 15) is 4.79 Å². The number of hydrogen-bond acceptors (Lipinski definition) is 5. The van der Waals surface area contributed by atoms with Gasteiger partial charge < -0.3 is 23.7 Å². The van der Waals surface area contributed by atoms with Crippen LogP contribution < -0.4 is 14.4 Å². The lowest BCUT2D eigenvalue weighted by atomic mass is 10.0. The first kappa shape index (κ1) is 21.8. The number of furan rings is 1. The number of hydrogen-bond donors (Lipinski definition) is 0. The Morgan fingerprint density at radius 2 is 1.69 bits per heavy atom. The molecular weight excluding hydrogens is 404 g/mol. The second-order valence-electron chi connectivity index (χ2n) is 8.17. The Balaban J connectivity index is 1.48. The van der Waals surface area contributed by atoms with Crippen LogP contribution in [0.2, 0.25) is 0 Å². The van der Waals surface area contributed by atoms with Crippen molar-refractivity contribution in [1.82, 2.24) is 4.90 Å². The Morgan fingerprint density at radius 3 is 2.31 bits per heavy atom. The van der Waals surface area contributed by atoms with Crippen molar-refractivity contribution in [3.63, 3.8) is 0 Å². The molecule has 0 radical (unpaired) electrons. The molecule has 0 atom stereocenters. The minimum atomic E-state index is 0.0270. The third-order valence-corrected chi connectivity index (χ3v) is 6.29. The number of piperazine rings is 1. The topological polar surface area (TPSA) is 55.2 Å². The van der Waals surface area contributed by atoms with E-state index in [-0.39, 0.29) is 5.91 Å². The van der Waals surface area contributed by atoms with Crippen LogP contribution in [0.3, 0.4) is 0 Å². The molecule has 32 heavy (non-hydrogen) atoms. The molecule has 2 heterocycles. The summed E-state index contributed by atoms with van der Waals surface area (Å²) >= 11 is 0. The fraction of sp³-hybridized carbons (Fsp3) is 0.346. The number of rotatable bonds is 5. The number of nitrogens with zero attached hydrogens (tertiary/aromatic N) is 2. The van der Waals surface area contributed by atoms with Gasteiger partial charge >= 0.3 is 0 Å². The van der Waals surface area contributed by atoms with Gasteiger partial charge in [0.25, 0.3) is 0 Å². The van der Waals surface area contributed by atoms with Crippen molar-refractivity contribution < 1.29 is 18.7 Å². The number of methoxy groups -OCH3 is 2. The van der Waals surface area contributed by atoms with E-state index < -0.39 is 0 Å². The third kappa shape index (κ3) is 4.17. The van der Waals surface area contributed by atoms with Crippen LogP contribution in [0.4, 0.5) is 5.69 Å². The largest absolute Gasteiger partial charge is 0.497 e. The molecule has 1 fully saturated rings. The van der Waals surface area contributed by atoms with E-state index in [0.717, 1.165) is 58.0 Å². The molecule has 1 aliphatic heterocycles. The maximum Gasteiger partial charge on any atom is 0.246 e. The summed E-state index contributed by atoms with van der Waals surface area (Å²) in [5.41, 5.74) is 4.85. The number of benzene rings is 2. The highest BCUT2D eigenvalue weighted by Crippen LogP contribution is 2.35. The standard InChI is InChI=1S/C26H30N2O4/c1-17(22-15-23-18(2)19(3)32-25(23)16-24(22)31-5)14-26(29)28-12-10-27(11-13-28)20-6-8-21(30-4)9-7-20/h6-9,14-16H,10-13H2,1-5H3/b17-14+. The summed E-state index contributed by atoms with van der Waals surface area (Å²) < 4.78 is 16.6. The van der Waals surface area contributed by atoms with E-state index in [1.807, 2.05) is 43.9 Å². The molecule has 0 bridgehead atoms. The summed E-state index contributed by atoms with van der Waals surface area (Å²) in [6.07, 6.45) is 1.72. The summed E-state index contributed by atoms with van der Waals surface area (Å²) in [6.45, 7) is 8.93. The fourth-order valence-corrected chi connectivity index (χ4v) is 4.18. The van der Waals surface area contributed by atoms with E-state index in [4.69, 9.17) is 13.9 Å². The predicted octanol–water partition coefficient (Wildman–Crippen LogP) is 4.82. The van der Waals surface area contributed by atoms with Crippen LogP contribution in [0.1, 0.15) is 23.8 Å². The minimum Gasteiger partial charge on any atom is -0.497 e. The Labute approximate surface area is 189 Å². The van der Waals surface area contributed by atoms with Crippen LogP contribution in [0.25, 0.3) is 16.5 Å². The lowest BCUT2D eigenvalue weighted by Gasteiger charge is -2.35. The normalized spacial score (nSPS) is 14.7. The van der Waals surface area contributed by atoms with Gasteiger partial charge in [-0.1, -0.05) is 0 Å². The van der Waals surface area contributed by atoms with E-state index in [1.165, 1.54) is 0 Å². The maximum atomic E-state index is 13.0. The molecule has 3 aromatic rings. The Bertz CT molecular complexity index is 1150. The molecule has 1 aliphatic rings. The van der Waals surface area contributed by atoms with E-state index in [0.29, 0.717) is 18.8 Å². The van der Waals surface area contributed by atoms with Crippen molar-refractivity contribution in [2.24, 2.45) is 0 Å². The number of allylic oxidation sites excluding steroid dienone is 1. The first-order valence-corrected chi connectivity index (χ1v) is 10.9. The number of carbonyl (C=O) groups is 1. The zero-order valence-corrected chi connectivity index (χ0v) is 19.4. The molecule has 1 aromatic heterocycles. The van der Waals surface area contributed by atoms with Gasteiger partial charge in [0.15, 0.2) is 0 Å². The van der Waals surface area contributed by atoms with Gasteiger partial charge in [-0.3, -0.25) is 4.79 Å². The lowest BCUT2D eigenvalue weighted by molar-refractivity contribution is -0.126. The zero-order chi connectivity index (χ0) is 22.8. The number of aryl methyl sites for hydroxylation is 2. The van der Waals surface area contributed by atoms with Crippen molar-refractivity contribution in [2.45, 2.75) is 20.8 Å². The van der Waals surface area contributed by atoms with Gasteiger partial charge in [-0.2, -0.15) is 0 Å². The highest BCUT2D eigenvalue weighted by atomic mass is 16.5. The van der Waals surface area contributed by atoms with Gasteiger partial charge in [0.2, 0.25) is 5.91 Å². The number of amides is 1. The van der Waals surface area contributed by atoms with E-state index in [1.54, 1.807) is 20.3 Å². The number of ether oxygens (including phenoxy) is 2. The molecule has 0 unspecified atom stereocenters. The maximum absolute atomic E-state index is 13.0. The van der Waals surface area contributed by atoms with Gasteiger partial charge in [0, 0.05) is 55.0 Å². The SMILES string of the molecule is COc1ccc(N2CCN(C(=O)/C=C(\C)c3cc4c(C)c(C)oc4cc3OC)CC2)cc1. The first-order chi connectivity index (χ1) is 15.4. The molecule has 4 rings (SSSR count). The third-order valence-electron chi connectivity index (χ3n) is 6.29. The predicted molar refractivity (Wildman–Crippen MR) is 128 cm³/mol. The monoisotopic (exact) mass is 434 g/mol. The molecule has 6 nitrogen and oxygen atoms in total. The van der Waals surface area contributed by atoms with Crippen LogP contribution in [0.5, 0.6) is 11.5 Å². The van der Waals surface area contributed by atoms with Gasteiger partial charge in [-0.25, -0.2) is 0 Å². The second-order valence-corrected chi connectivity index (χ2v) is 8.17. The van der Waals surface area contributed by atoms with E-state index >= 15 is 0 Å². The average molecular weight is 435 g/mol. The lowest BCUT2D eigenvalue weighted by Crippen LogP contribution is -2.48. The van der Waals surface area contributed by atoms with Gasteiger partial charge in [0.05, 0.1) is 14.2 Å². The molecule has 0 spiro atoms. The highest BCUT2D eigenvalue weighted by Gasteiger charge is 2.21. The smallest absolute Gasteiger partial charge is 0.246 e. The number of anilines is 1. The summed E-state index contributed by atoms with van der Waals surface area (Å²) in [5, 5.41) is 1.05. The highest BCUT2D eigenvalue weighted by molar-refractivity contribution is 5.97. The first-order valence-electron chi connectivity index (χ1n) is 10.9. The van der Waals surface area contributed by atoms with E-state index in [2.05, 4.69) is 23.1 Å². The van der Waals surface area contributed by atoms with Crippen molar-refractivity contribution in [3.05, 3.63) is 59.4 Å². The molecular formula is C26H30N2O4. The number of carbonyl (C=O) groups excluding carboxylic acids is 1. The minimum absolute atomic E-state index is 0.0270. The molecule has 1 saturated heterocycles. The van der Waals surface area contributed by atoms with Crippen LogP contribution >= 0.6 is 0 Å². The van der Waals surface area contributed by atoms with Gasteiger partial charge in [-0.05, 0) is 62.2 Å². The van der Waals surface area contributed by atoms with Crippen LogP contribution in [0, 0.1) is 13.8 Å². The quantitative estimate of drug-likeness (QED) is 0.539. The molecule has 1 amide bonds. The van der Waals surface area contributed by atoms with Gasteiger partial charge in [-0.15, -0.1) is 0 Å². The summed E-state index contributed by atoms with van der Waals surface area (Å²) in [5.74, 6) is 2.47. The van der Waals surface area contributed by atoms with Crippen LogP contribution in [-0.2, 0) is 4.79 Å². The van der Waals surface area contributed by atoms with Crippen LogP contribution in [-0.4, -0.2) is 51.2 Å². The number of fused-ring (bicyclic) bond motifs is 1. The molecule has 2 aromatic carbocycles. The fourth-order valence-electron chi connectivity index (χ4n) is 4.18. The van der Waals surface area contributed by atoms with Crippen molar-refractivity contribution in [1.29, 1.82) is 0 Å². The van der Waals surface area contributed by atoms with Crippen molar-refractivity contribution in [2.75, 3.05) is 45.3 Å². The van der Waals surface area contributed by atoms with Crippen molar-refractivity contribution in [3.8, 4) is 11.5 Å².